The fourth-order valence-electron chi connectivity index (χ4n) is 5.57. The molecular weight excluding hydrogens is 332 g/mol. The summed E-state index contributed by atoms with van der Waals surface area (Å²) < 4.78 is 9.14. The second-order valence-corrected chi connectivity index (χ2v) is 9.69. The molecular formula is C24H36N2O. The minimum Gasteiger partial charge on any atom is -0.368 e. The molecule has 3 nitrogen and oxygen atoms in total. The first-order valence-corrected chi connectivity index (χ1v) is 10.9. The maximum absolute atomic E-state index is 6.58. The van der Waals surface area contributed by atoms with Gasteiger partial charge < -0.3 is 14.2 Å². The quantitative estimate of drug-likeness (QED) is 0.709. The molecule has 0 amide bonds. The van der Waals surface area contributed by atoms with Crippen molar-refractivity contribution in [3.8, 4) is 0 Å². The van der Waals surface area contributed by atoms with Crippen molar-refractivity contribution in [2.45, 2.75) is 59.6 Å². The van der Waals surface area contributed by atoms with Crippen molar-refractivity contribution < 1.29 is 4.74 Å². The molecule has 1 aromatic carbocycles. The summed E-state index contributed by atoms with van der Waals surface area (Å²) in [5.41, 5.74) is 4.26. The van der Waals surface area contributed by atoms with E-state index in [9.17, 15) is 0 Å². The Balaban J connectivity index is 1.70. The number of nitrogens with zero attached hydrogens (tertiary/aromatic N) is 2. The predicted octanol–water partition coefficient (Wildman–Crippen LogP) is 5.06. The van der Waals surface area contributed by atoms with Crippen LogP contribution in [-0.2, 0) is 23.3 Å². The van der Waals surface area contributed by atoms with Crippen molar-refractivity contribution >= 4 is 10.9 Å². The van der Waals surface area contributed by atoms with Gasteiger partial charge in [0.15, 0.2) is 0 Å². The van der Waals surface area contributed by atoms with Crippen LogP contribution in [0.5, 0.6) is 0 Å². The highest BCUT2D eigenvalue weighted by Crippen LogP contribution is 2.48. The fraction of sp³-hybridized carbons (Fsp3) is 0.667. The van der Waals surface area contributed by atoms with Crippen LogP contribution < -0.4 is 0 Å². The Labute approximate surface area is 164 Å². The monoisotopic (exact) mass is 368 g/mol. The largest absolute Gasteiger partial charge is 0.368 e. The Hall–Kier alpha value is -1.32. The molecule has 0 aliphatic carbocycles. The van der Waals surface area contributed by atoms with Crippen LogP contribution in [0, 0.1) is 17.8 Å². The lowest BCUT2D eigenvalue weighted by Gasteiger charge is -2.47. The van der Waals surface area contributed by atoms with E-state index in [0.29, 0.717) is 17.8 Å². The van der Waals surface area contributed by atoms with E-state index in [1.807, 2.05) is 0 Å². The van der Waals surface area contributed by atoms with E-state index in [4.69, 9.17) is 4.74 Å². The Morgan fingerprint density at radius 3 is 2.56 bits per heavy atom. The van der Waals surface area contributed by atoms with E-state index in [2.05, 4.69) is 68.4 Å². The normalized spacial score (nSPS) is 25.0. The van der Waals surface area contributed by atoms with E-state index in [0.717, 1.165) is 26.1 Å². The number of benzene rings is 1. The summed E-state index contributed by atoms with van der Waals surface area (Å²) in [6, 6.07) is 8.95. The first kappa shape index (κ1) is 19.0. The molecule has 0 spiro atoms. The minimum absolute atomic E-state index is 0.156. The Bertz CT molecular complexity index is 763. The Kier molecular flexibility index (Phi) is 5.11. The van der Waals surface area contributed by atoms with Gasteiger partial charge in [-0.05, 0) is 43.2 Å². The van der Waals surface area contributed by atoms with Gasteiger partial charge >= 0.3 is 0 Å². The van der Waals surface area contributed by atoms with Crippen LogP contribution in [0.2, 0.25) is 0 Å². The van der Waals surface area contributed by atoms with Crippen molar-refractivity contribution in [3.63, 3.8) is 0 Å². The van der Waals surface area contributed by atoms with Gasteiger partial charge in [-0.2, -0.15) is 0 Å². The molecule has 0 radical (unpaired) electrons. The predicted molar refractivity (Wildman–Crippen MR) is 113 cm³/mol. The number of aryl methyl sites for hydroxylation is 1. The zero-order chi connectivity index (χ0) is 19.2. The number of ether oxygens (including phenoxy) is 1. The average Bonchev–Trinajstić information content (AvgIpc) is 2.93. The summed E-state index contributed by atoms with van der Waals surface area (Å²) >= 11 is 0. The highest BCUT2D eigenvalue weighted by atomic mass is 16.5. The number of fused-ring (bicyclic) bond motifs is 3. The van der Waals surface area contributed by atoms with Gasteiger partial charge in [0.05, 0.1) is 12.3 Å². The third kappa shape index (κ3) is 3.34. The van der Waals surface area contributed by atoms with Gasteiger partial charge in [0, 0.05) is 43.0 Å². The van der Waals surface area contributed by atoms with E-state index < -0.39 is 0 Å². The molecule has 1 aromatic heterocycles. The topological polar surface area (TPSA) is 17.4 Å². The molecule has 0 fully saturated rings. The Morgan fingerprint density at radius 1 is 1.15 bits per heavy atom. The second-order valence-electron chi connectivity index (χ2n) is 9.69. The maximum atomic E-state index is 6.58. The summed E-state index contributed by atoms with van der Waals surface area (Å²) in [4.78, 5) is 2.70. The van der Waals surface area contributed by atoms with Gasteiger partial charge in [-0.3, -0.25) is 0 Å². The van der Waals surface area contributed by atoms with Gasteiger partial charge in [0.25, 0.3) is 0 Å². The van der Waals surface area contributed by atoms with Crippen LogP contribution in [0.25, 0.3) is 10.9 Å². The third-order valence-electron chi connectivity index (χ3n) is 6.51. The molecule has 3 heteroatoms. The maximum Gasteiger partial charge on any atom is 0.110 e. The fourth-order valence-corrected chi connectivity index (χ4v) is 5.57. The van der Waals surface area contributed by atoms with Crippen LogP contribution in [0.4, 0.5) is 0 Å². The second kappa shape index (κ2) is 7.25. The van der Waals surface area contributed by atoms with Crippen LogP contribution in [0.15, 0.2) is 24.3 Å². The van der Waals surface area contributed by atoms with Gasteiger partial charge in [-0.25, -0.2) is 0 Å². The highest BCUT2D eigenvalue weighted by Gasteiger charge is 2.47. The summed E-state index contributed by atoms with van der Waals surface area (Å²) in [5, 5.41) is 1.45. The molecule has 4 rings (SSSR count). The van der Waals surface area contributed by atoms with Gasteiger partial charge in [-0.1, -0.05) is 45.9 Å². The summed E-state index contributed by atoms with van der Waals surface area (Å²) in [5.74, 6) is 1.97. The molecule has 2 aliphatic rings. The number of rotatable bonds is 6. The van der Waals surface area contributed by atoms with Crippen molar-refractivity contribution in [2.24, 2.45) is 17.8 Å². The zero-order valence-electron chi connectivity index (χ0n) is 17.8. The lowest BCUT2D eigenvalue weighted by atomic mass is 9.77. The van der Waals surface area contributed by atoms with Crippen LogP contribution >= 0.6 is 0 Å². The van der Waals surface area contributed by atoms with Crippen molar-refractivity contribution in [2.75, 3.05) is 26.2 Å². The van der Waals surface area contributed by atoms with Gasteiger partial charge in [-0.15, -0.1) is 0 Å². The smallest absolute Gasteiger partial charge is 0.110 e. The summed E-state index contributed by atoms with van der Waals surface area (Å²) in [7, 11) is 0. The van der Waals surface area contributed by atoms with E-state index >= 15 is 0 Å². The van der Waals surface area contributed by atoms with Crippen molar-refractivity contribution in [1.82, 2.24) is 9.47 Å². The molecule has 2 aliphatic heterocycles. The molecule has 2 atom stereocenters. The van der Waals surface area contributed by atoms with Crippen LogP contribution in [0.1, 0.15) is 52.3 Å². The minimum atomic E-state index is -0.156. The zero-order valence-corrected chi connectivity index (χ0v) is 17.8. The highest BCUT2D eigenvalue weighted by molar-refractivity contribution is 5.86. The van der Waals surface area contributed by atoms with E-state index in [1.54, 1.807) is 5.56 Å². The molecule has 148 valence electrons. The molecule has 3 heterocycles. The number of aromatic nitrogens is 1. The van der Waals surface area contributed by atoms with Gasteiger partial charge in [0.1, 0.15) is 5.60 Å². The molecule has 0 saturated carbocycles. The summed E-state index contributed by atoms with van der Waals surface area (Å²) in [6.07, 6.45) is 2.25. The van der Waals surface area contributed by atoms with E-state index in [-0.39, 0.29) is 5.60 Å². The molecule has 0 N–H and O–H groups in total. The summed E-state index contributed by atoms with van der Waals surface area (Å²) in [6.45, 7) is 17.2. The average molecular weight is 369 g/mol. The molecule has 27 heavy (non-hydrogen) atoms. The lowest BCUT2D eigenvalue weighted by Crippen LogP contribution is -2.50. The van der Waals surface area contributed by atoms with Crippen LogP contribution in [-0.4, -0.2) is 35.7 Å². The number of para-hydroxylation sites is 1. The van der Waals surface area contributed by atoms with E-state index in [1.165, 1.54) is 36.1 Å². The Morgan fingerprint density at radius 2 is 1.85 bits per heavy atom. The number of hydrogen-bond acceptors (Lipinski definition) is 2. The van der Waals surface area contributed by atoms with Crippen molar-refractivity contribution in [1.29, 1.82) is 0 Å². The van der Waals surface area contributed by atoms with Crippen molar-refractivity contribution in [3.05, 3.63) is 35.5 Å². The number of hydrogen-bond donors (Lipinski definition) is 0. The molecule has 0 saturated heterocycles. The molecule has 2 unspecified atom stereocenters. The SMILES string of the molecule is CC(C)CN(CC(C)C)CC1CCn2c3c(c4ccccc42)CCOC31C. The molecule has 2 aromatic rings. The first-order chi connectivity index (χ1) is 12.9. The lowest BCUT2D eigenvalue weighted by molar-refractivity contribution is -0.113. The third-order valence-corrected chi connectivity index (χ3v) is 6.51. The standard InChI is InChI=1S/C24H36N2O/c1-17(2)14-25(15-18(3)4)16-19-10-12-26-22-9-7-6-8-20(22)21-11-13-27-24(19,5)23(21)26/h6-9,17-19H,10-16H2,1-5H3. The van der Waals surface area contributed by atoms with Crippen LogP contribution in [0.3, 0.4) is 0 Å². The molecule has 0 bridgehead atoms. The first-order valence-electron chi connectivity index (χ1n) is 10.9. The van der Waals surface area contributed by atoms with Gasteiger partial charge in [0.2, 0.25) is 0 Å².